The Morgan fingerprint density at radius 3 is 2.15 bits per heavy atom. The molecule has 2 N–H and O–H groups in total. The van der Waals surface area contributed by atoms with Crippen molar-refractivity contribution in [2.75, 3.05) is 17.9 Å². The summed E-state index contributed by atoms with van der Waals surface area (Å²) in [6, 6.07) is 19.7. The fourth-order valence-corrected chi connectivity index (χ4v) is 4.28. The zero-order chi connectivity index (χ0) is 23.8. The number of carbonyl (C=O) groups is 1. The maximum Gasteiger partial charge on any atom is 0.261 e. The largest absolute Gasteiger partial charge is 0.490 e. The molecule has 0 aromatic heterocycles. The van der Waals surface area contributed by atoms with Gasteiger partial charge in [0.15, 0.2) is 11.5 Å². The summed E-state index contributed by atoms with van der Waals surface area (Å²) in [5.74, 6) is 1.02. The first-order chi connectivity index (χ1) is 15.8. The van der Waals surface area contributed by atoms with Crippen LogP contribution >= 0.6 is 0 Å². The molecular formula is C25H28N2O5S. The Morgan fingerprint density at radius 1 is 0.879 bits per heavy atom. The number of sulfonamides is 1. The minimum Gasteiger partial charge on any atom is -0.490 e. The molecule has 3 aromatic carbocycles. The maximum atomic E-state index is 12.7. The minimum atomic E-state index is -3.69. The highest BCUT2D eigenvalue weighted by Crippen LogP contribution is 2.31. The average Bonchev–Trinajstić information content (AvgIpc) is 2.81. The predicted molar refractivity (Wildman–Crippen MR) is 128 cm³/mol. The van der Waals surface area contributed by atoms with E-state index in [1.165, 1.54) is 12.1 Å². The van der Waals surface area contributed by atoms with Crippen molar-refractivity contribution in [1.82, 2.24) is 5.32 Å². The average molecular weight is 469 g/mol. The number of hydrogen-bond acceptors (Lipinski definition) is 5. The smallest absolute Gasteiger partial charge is 0.261 e. The number of benzene rings is 3. The lowest BCUT2D eigenvalue weighted by Crippen LogP contribution is -2.26. The van der Waals surface area contributed by atoms with Gasteiger partial charge in [-0.05, 0) is 74.9 Å². The maximum absolute atomic E-state index is 12.7. The summed E-state index contributed by atoms with van der Waals surface area (Å²) in [6.45, 7) is 6.72. The monoisotopic (exact) mass is 468 g/mol. The zero-order valence-corrected chi connectivity index (χ0v) is 19.7. The summed E-state index contributed by atoms with van der Waals surface area (Å²) >= 11 is 0. The van der Waals surface area contributed by atoms with Crippen molar-refractivity contribution in [2.24, 2.45) is 0 Å². The molecule has 8 heteroatoms. The molecule has 33 heavy (non-hydrogen) atoms. The molecule has 0 heterocycles. The summed E-state index contributed by atoms with van der Waals surface area (Å²) in [5.41, 5.74) is 1.67. The molecule has 0 radical (unpaired) electrons. The van der Waals surface area contributed by atoms with Crippen LogP contribution in [0.3, 0.4) is 0 Å². The summed E-state index contributed by atoms with van der Waals surface area (Å²) in [5, 5.41) is 2.95. The van der Waals surface area contributed by atoms with Gasteiger partial charge in [-0.2, -0.15) is 0 Å². The molecule has 3 aromatic rings. The first-order valence-corrected chi connectivity index (χ1v) is 12.2. The van der Waals surface area contributed by atoms with Crippen LogP contribution in [-0.4, -0.2) is 27.5 Å². The quantitative estimate of drug-likeness (QED) is 0.447. The van der Waals surface area contributed by atoms with Gasteiger partial charge in [-0.15, -0.1) is 0 Å². The summed E-state index contributed by atoms with van der Waals surface area (Å²) in [4.78, 5) is 12.9. The van der Waals surface area contributed by atoms with E-state index in [4.69, 9.17) is 9.47 Å². The molecule has 0 aliphatic heterocycles. The van der Waals surface area contributed by atoms with Gasteiger partial charge in [0.1, 0.15) is 0 Å². The lowest BCUT2D eigenvalue weighted by molar-refractivity contribution is 0.0940. The van der Waals surface area contributed by atoms with Gasteiger partial charge < -0.3 is 14.8 Å². The molecule has 0 saturated heterocycles. The van der Waals surface area contributed by atoms with E-state index in [0.717, 1.165) is 5.56 Å². The van der Waals surface area contributed by atoms with Crippen LogP contribution in [0.15, 0.2) is 77.7 Å². The standard InChI is InChI=1S/C25H28N2O5S/c1-4-31-23-16-13-20(17-24(23)32-5-2)18(3)26-25(28)19-11-14-21(15-12-19)27-33(29,30)22-9-7-6-8-10-22/h6-18,27H,4-5H2,1-3H3,(H,26,28)/t18-/m0/s1. The van der Waals surface area contributed by atoms with Gasteiger partial charge in [0.05, 0.1) is 24.2 Å². The molecule has 174 valence electrons. The van der Waals surface area contributed by atoms with Crippen LogP contribution in [0.2, 0.25) is 0 Å². The van der Waals surface area contributed by atoms with E-state index < -0.39 is 10.0 Å². The van der Waals surface area contributed by atoms with E-state index in [1.807, 2.05) is 39.0 Å². The fraction of sp³-hybridized carbons (Fsp3) is 0.240. The van der Waals surface area contributed by atoms with Crippen LogP contribution in [-0.2, 0) is 10.0 Å². The SMILES string of the molecule is CCOc1ccc([C@H](C)NC(=O)c2ccc(NS(=O)(=O)c3ccccc3)cc2)cc1OCC. The van der Waals surface area contributed by atoms with Crippen molar-refractivity contribution in [1.29, 1.82) is 0 Å². The van der Waals surface area contributed by atoms with Gasteiger partial charge in [0, 0.05) is 11.3 Å². The third-order valence-corrected chi connectivity index (χ3v) is 6.27. The number of carbonyl (C=O) groups excluding carboxylic acids is 1. The van der Waals surface area contributed by atoms with Crippen molar-refractivity contribution < 1.29 is 22.7 Å². The molecule has 3 rings (SSSR count). The van der Waals surface area contributed by atoms with Crippen molar-refractivity contribution in [3.8, 4) is 11.5 Å². The summed E-state index contributed by atoms with van der Waals surface area (Å²) in [7, 11) is -3.69. The molecule has 0 fully saturated rings. The third-order valence-electron chi connectivity index (χ3n) is 4.87. The van der Waals surface area contributed by atoms with Crippen molar-refractivity contribution in [3.63, 3.8) is 0 Å². The van der Waals surface area contributed by atoms with E-state index in [2.05, 4.69) is 10.0 Å². The Kier molecular flexibility index (Phi) is 7.95. The van der Waals surface area contributed by atoms with E-state index in [0.29, 0.717) is 36.0 Å². The van der Waals surface area contributed by atoms with Crippen LogP contribution in [0.4, 0.5) is 5.69 Å². The molecule has 1 atom stereocenters. The fourth-order valence-electron chi connectivity index (χ4n) is 3.20. The van der Waals surface area contributed by atoms with Gasteiger partial charge >= 0.3 is 0 Å². The van der Waals surface area contributed by atoms with E-state index >= 15 is 0 Å². The van der Waals surface area contributed by atoms with Gasteiger partial charge in [0.25, 0.3) is 15.9 Å². The number of hydrogen-bond donors (Lipinski definition) is 2. The topological polar surface area (TPSA) is 93.7 Å². The molecule has 0 aliphatic carbocycles. The van der Waals surface area contributed by atoms with Crippen molar-refractivity contribution in [2.45, 2.75) is 31.7 Å². The molecule has 0 unspecified atom stereocenters. The number of amides is 1. The lowest BCUT2D eigenvalue weighted by Gasteiger charge is -2.18. The summed E-state index contributed by atoms with van der Waals surface area (Å²) in [6.07, 6.45) is 0. The highest BCUT2D eigenvalue weighted by atomic mass is 32.2. The third kappa shape index (κ3) is 6.26. The Bertz CT molecular complexity index is 1180. The Labute approximate surface area is 194 Å². The second-order valence-corrected chi connectivity index (χ2v) is 8.95. The zero-order valence-electron chi connectivity index (χ0n) is 18.9. The van der Waals surface area contributed by atoms with Gasteiger partial charge in [-0.3, -0.25) is 9.52 Å². The van der Waals surface area contributed by atoms with E-state index in [1.54, 1.807) is 42.5 Å². The molecule has 0 aliphatic rings. The molecule has 0 spiro atoms. The minimum absolute atomic E-state index is 0.169. The van der Waals surface area contributed by atoms with Crippen LogP contribution in [0.25, 0.3) is 0 Å². The number of ether oxygens (including phenoxy) is 2. The second kappa shape index (κ2) is 10.9. The second-order valence-electron chi connectivity index (χ2n) is 7.26. The molecule has 0 saturated carbocycles. The lowest BCUT2D eigenvalue weighted by atomic mass is 10.1. The summed E-state index contributed by atoms with van der Waals surface area (Å²) < 4.78 is 38.7. The van der Waals surface area contributed by atoms with Crippen LogP contribution in [0.1, 0.15) is 42.7 Å². The van der Waals surface area contributed by atoms with Crippen molar-refractivity contribution in [3.05, 3.63) is 83.9 Å². The van der Waals surface area contributed by atoms with Gasteiger partial charge in [-0.1, -0.05) is 24.3 Å². The first-order valence-electron chi connectivity index (χ1n) is 10.7. The van der Waals surface area contributed by atoms with E-state index in [9.17, 15) is 13.2 Å². The predicted octanol–water partition coefficient (Wildman–Crippen LogP) is 4.78. The molecule has 7 nitrogen and oxygen atoms in total. The molecule has 0 bridgehead atoms. The Balaban J connectivity index is 1.67. The van der Waals surface area contributed by atoms with Crippen LogP contribution in [0, 0.1) is 0 Å². The van der Waals surface area contributed by atoms with Gasteiger partial charge in [-0.25, -0.2) is 8.42 Å². The van der Waals surface area contributed by atoms with E-state index in [-0.39, 0.29) is 16.8 Å². The normalized spacial score (nSPS) is 12.0. The Hall–Kier alpha value is -3.52. The number of nitrogens with one attached hydrogen (secondary N) is 2. The molecular weight excluding hydrogens is 440 g/mol. The van der Waals surface area contributed by atoms with Crippen LogP contribution < -0.4 is 19.5 Å². The highest BCUT2D eigenvalue weighted by molar-refractivity contribution is 7.92. The van der Waals surface area contributed by atoms with Crippen LogP contribution in [0.5, 0.6) is 11.5 Å². The first kappa shape index (κ1) is 24.1. The number of anilines is 1. The van der Waals surface area contributed by atoms with Gasteiger partial charge in [0.2, 0.25) is 0 Å². The highest BCUT2D eigenvalue weighted by Gasteiger charge is 2.16. The number of rotatable bonds is 10. The Morgan fingerprint density at radius 2 is 1.52 bits per heavy atom. The van der Waals surface area contributed by atoms with Crippen molar-refractivity contribution >= 4 is 21.6 Å². The molecule has 1 amide bonds.